The monoisotopic (exact) mass is 551 g/mol. The summed E-state index contributed by atoms with van der Waals surface area (Å²) in [5, 5.41) is 3.45. The molecule has 0 spiro atoms. The Morgan fingerprint density at radius 3 is 2.52 bits per heavy atom. The summed E-state index contributed by atoms with van der Waals surface area (Å²) in [6.45, 7) is 6.46. The number of hydrogen-bond acceptors (Lipinski definition) is 6. The number of methoxy groups -OCH3 is 1. The van der Waals surface area contributed by atoms with E-state index in [0.717, 1.165) is 61.4 Å². The van der Waals surface area contributed by atoms with Crippen LogP contribution in [0.5, 0.6) is 17.2 Å². The predicted octanol–water partition coefficient (Wildman–Crippen LogP) is 6.66. The molecule has 2 atom stereocenters. The summed E-state index contributed by atoms with van der Waals surface area (Å²) in [4.78, 5) is 0. The van der Waals surface area contributed by atoms with E-state index in [1.54, 1.807) is 19.2 Å². The Balaban J connectivity index is 1.22. The van der Waals surface area contributed by atoms with Crippen molar-refractivity contribution in [2.24, 2.45) is 0 Å². The van der Waals surface area contributed by atoms with Gasteiger partial charge in [-0.05, 0) is 60.8 Å². The summed E-state index contributed by atoms with van der Waals surface area (Å²) in [5.41, 5.74) is 3.19. The fraction of sp³-hybridized carbons (Fsp3) is 0.455. The second kappa shape index (κ2) is 16.2. The van der Waals surface area contributed by atoms with Gasteiger partial charge in [-0.3, -0.25) is 0 Å². The smallest absolute Gasteiger partial charge is 0.165 e. The van der Waals surface area contributed by atoms with Crippen molar-refractivity contribution in [3.63, 3.8) is 0 Å². The van der Waals surface area contributed by atoms with E-state index in [-0.39, 0.29) is 17.8 Å². The maximum atomic E-state index is 14.1. The lowest BCUT2D eigenvalue weighted by atomic mass is 9.87. The second-order valence-electron chi connectivity index (χ2n) is 10.1. The van der Waals surface area contributed by atoms with Gasteiger partial charge in [-0.25, -0.2) is 4.39 Å². The zero-order valence-electron chi connectivity index (χ0n) is 23.7. The Morgan fingerprint density at radius 2 is 1.70 bits per heavy atom. The molecule has 1 heterocycles. The van der Waals surface area contributed by atoms with Crippen molar-refractivity contribution >= 4 is 0 Å². The van der Waals surface area contributed by atoms with Crippen LogP contribution in [0.1, 0.15) is 55.2 Å². The van der Waals surface area contributed by atoms with Crippen LogP contribution in [0.3, 0.4) is 0 Å². The molecule has 7 heteroatoms. The molecule has 1 aliphatic rings. The molecule has 1 saturated heterocycles. The molecule has 3 aromatic rings. The fourth-order valence-corrected chi connectivity index (χ4v) is 4.83. The average Bonchev–Trinajstić information content (AvgIpc) is 3.00. The lowest BCUT2D eigenvalue weighted by Gasteiger charge is -2.32. The molecule has 0 aliphatic carbocycles. The normalized spacial score (nSPS) is 17.0. The number of unbranched alkanes of at least 4 members (excludes halogenated alkanes) is 1. The summed E-state index contributed by atoms with van der Waals surface area (Å²) >= 11 is 0. The SMILES string of the molecule is CCCCOc1cc(COC2CNCCC2c2ccc(OCCCOCc3ccccc3OC)cc2)ccc1F. The van der Waals surface area contributed by atoms with Crippen LogP contribution in [0.15, 0.2) is 66.7 Å². The van der Waals surface area contributed by atoms with E-state index in [1.165, 1.54) is 11.6 Å². The number of halogens is 1. The van der Waals surface area contributed by atoms with Crippen LogP contribution in [0.4, 0.5) is 4.39 Å². The Hall–Kier alpha value is -3.13. The number of rotatable bonds is 16. The van der Waals surface area contributed by atoms with Crippen LogP contribution in [0.2, 0.25) is 0 Å². The number of benzene rings is 3. The summed E-state index contributed by atoms with van der Waals surface area (Å²) in [6.07, 6.45) is 3.72. The summed E-state index contributed by atoms with van der Waals surface area (Å²) in [6, 6.07) is 21.2. The highest BCUT2D eigenvalue weighted by Gasteiger charge is 2.27. The first-order valence-electron chi connectivity index (χ1n) is 14.3. The van der Waals surface area contributed by atoms with Crippen molar-refractivity contribution in [3.05, 3.63) is 89.2 Å². The maximum Gasteiger partial charge on any atom is 0.165 e. The lowest BCUT2D eigenvalue weighted by molar-refractivity contribution is 0.0105. The first-order chi connectivity index (χ1) is 19.7. The Morgan fingerprint density at radius 1 is 0.875 bits per heavy atom. The van der Waals surface area contributed by atoms with E-state index in [4.69, 9.17) is 23.7 Å². The van der Waals surface area contributed by atoms with Crippen LogP contribution >= 0.6 is 0 Å². The molecule has 6 nitrogen and oxygen atoms in total. The summed E-state index contributed by atoms with van der Waals surface area (Å²) < 4.78 is 43.2. The van der Waals surface area contributed by atoms with E-state index in [1.807, 2.05) is 36.4 Å². The standard InChI is InChI=1S/C33H42FNO5/c1-3-4-19-39-32-21-25(10-15-30(32)34)23-40-33-22-35-17-16-29(33)26-11-13-28(14-12-26)38-20-7-18-37-24-27-8-5-6-9-31(27)36-2/h5-6,8-15,21,29,33,35H,3-4,7,16-20,22-24H2,1-2H3. The fourth-order valence-electron chi connectivity index (χ4n) is 4.83. The number of hydrogen-bond donors (Lipinski definition) is 1. The van der Waals surface area contributed by atoms with E-state index >= 15 is 0 Å². The zero-order chi connectivity index (χ0) is 28.0. The Labute approximate surface area is 237 Å². The van der Waals surface area contributed by atoms with Gasteiger partial charge in [-0.1, -0.05) is 49.7 Å². The van der Waals surface area contributed by atoms with Crippen molar-refractivity contribution in [1.29, 1.82) is 0 Å². The summed E-state index contributed by atoms with van der Waals surface area (Å²) in [5.74, 6) is 1.93. The molecular formula is C33H42FNO5. The molecule has 0 saturated carbocycles. The molecule has 1 fully saturated rings. The van der Waals surface area contributed by atoms with Crippen molar-refractivity contribution < 1.29 is 28.1 Å². The molecule has 0 amide bonds. The van der Waals surface area contributed by atoms with Crippen LogP contribution in [-0.4, -0.2) is 46.1 Å². The minimum absolute atomic E-state index is 0.0235. The van der Waals surface area contributed by atoms with Crippen LogP contribution in [0, 0.1) is 5.82 Å². The molecule has 2 unspecified atom stereocenters. The molecule has 4 rings (SSSR count). The Kier molecular flexibility index (Phi) is 12.1. The lowest BCUT2D eigenvalue weighted by Crippen LogP contribution is -2.40. The highest BCUT2D eigenvalue weighted by molar-refractivity contribution is 5.33. The highest BCUT2D eigenvalue weighted by Crippen LogP contribution is 2.30. The first-order valence-corrected chi connectivity index (χ1v) is 14.3. The Bertz CT molecular complexity index is 1160. The molecule has 0 aromatic heterocycles. The van der Waals surface area contributed by atoms with Gasteiger partial charge in [0.05, 0.1) is 46.2 Å². The van der Waals surface area contributed by atoms with Crippen molar-refractivity contribution in [3.8, 4) is 17.2 Å². The largest absolute Gasteiger partial charge is 0.496 e. The van der Waals surface area contributed by atoms with E-state index < -0.39 is 0 Å². The van der Waals surface area contributed by atoms with Gasteiger partial charge in [-0.2, -0.15) is 0 Å². The van der Waals surface area contributed by atoms with Gasteiger partial charge in [0, 0.05) is 24.4 Å². The summed E-state index contributed by atoms with van der Waals surface area (Å²) in [7, 11) is 1.67. The number of para-hydroxylation sites is 1. The van der Waals surface area contributed by atoms with Crippen LogP contribution < -0.4 is 19.5 Å². The molecule has 216 valence electrons. The average molecular weight is 552 g/mol. The zero-order valence-corrected chi connectivity index (χ0v) is 23.7. The van der Waals surface area contributed by atoms with E-state index in [0.29, 0.717) is 38.8 Å². The van der Waals surface area contributed by atoms with Gasteiger partial charge in [0.15, 0.2) is 11.6 Å². The maximum absolute atomic E-state index is 14.1. The van der Waals surface area contributed by atoms with E-state index in [2.05, 4.69) is 24.4 Å². The predicted molar refractivity (Wildman–Crippen MR) is 155 cm³/mol. The first kappa shape index (κ1) is 29.8. The van der Waals surface area contributed by atoms with Crippen molar-refractivity contribution in [1.82, 2.24) is 5.32 Å². The van der Waals surface area contributed by atoms with Gasteiger partial charge in [0.2, 0.25) is 0 Å². The molecule has 1 N–H and O–H groups in total. The number of ether oxygens (including phenoxy) is 5. The molecular weight excluding hydrogens is 509 g/mol. The second-order valence-corrected chi connectivity index (χ2v) is 10.1. The number of nitrogens with one attached hydrogen (secondary N) is 1. The highest BCUT2D eigenvalue weighted by atomic mass is 19.1. The third kappa shape index (κ3) is 8.95. The number of piperidine rings is 1. The molecule has 0 bridgehead atoms. The van der Waals surface area contributed by atoms with E-state index in [9.17, 15) is 4.39 Å². The quantitative estimate of drug-likeness (QED) is 0.201. The van der Waals surface area contributed by atoms with Gasteiger partial charge >= 0.3 is 0 Å². The third-order valence-corrected chi connectivity index (χ3v) is 7.10. The minimum Gasteiger partial charge on any atom is -0.496 e. The van der Waals surface area contributed by atoms with Crippen LogP contribution in [0.25, 0.3) is 0 Å². The molecule has 1 aliphatic heterocycles. The van der Waals surface area contributed by atoms with Gasteiger partial charge in [0.25, 0.3) is 0 Å². The third-order valence-electron chi connectivity index (χ3n) is 7.10. The van der Waals surface area contributed by atoms with Crippen LogP contribution in [-0.2, 0) is 22.7 Å². The minimum atomic E-state index is -0.334. The molecule has 3 aromatic carbocycles. The van der Waals surface area contributed by atoms with Gasteiger partial charge in [0.1, 0.15) is 11.5 Å². The van der Waals surface area contributed by atoms with Crippen molar-refractivity contribution in [2.75, 3.05) is 40.0 Å². The van der Waals surface area contributed by atoms with Gasteiger partial charge < -0.3 is 29.0 Å². The molecule has 0 radical (unpaired) electrons. The van der Waals surface area contributed by atoms with Gasteiger partial charge in [-0.15, -0.1) is 0 Å². The molecule has 40 heavy (non-hydrogen) atoms. The topological polar surface area (TPSA) is 58.2 Å². The van der Waals surface area contributed by atoms with Crippen molar-refractivity contribution in [2.45, 2.75) is 57.8 Å².